The monoisotopic (exact) mass is 592 g/mol. The lowest BCUT2D eigenvalue weighted by atomic mass is 10.1. The maximum atomic E-state index is 13.7. The lowest BCUT2D eigenvalue weighted by molar-refractivity contribution is -0.119. The highest BCUT2D eigenvalue weighted by molar-refractivity contribution is 7.92. The highest BCUT2D eigenvalue weighted by Crippen LogP contribution is 2.35. The van der Waals surface area contributed by atoms with Crippen molar-refractivity contribution in [3.8, 4) is 11.4 Å². The summed E-state index contributed by atoms with van der Waals surface area (Å²) in [6.45, 7) is 9.45. The molecular weight excluding hydrogens is 560 g/mol. The average Bonchev–Trinajstić information content (AvgIpc) is 3.20. The van der Waals surface area contributed by atoms with Crippen molar-refractivity contribution in [1.29, 1.82) is 0 Å². The molecule has 8 nitrogen and oxygen atoms in total. The number of nitrogens with zero attached hydrogens (tertiary/aromatic N) is 3. The summed E-state index contributed by atoms with van der Waals surface area (Å²) in [5.74, 6) is -0.386. The van der Waals surface area contributed by atoms with Crippen molar-refractivity contribution >= 4 is 39.4 Å². The van der Waals surface area contributed by atoms with Crippen molar-refractivity contribution in [2.45, 2.75) is 39.5 Å². The number of halogens is 1. The standard InChI is InChI=1S/C31H33ClN4O4S/c1-20-10-13-27(14-11-20)41(38,39)35(28-17-26(32)12-15-29(28)40-6)19-30(37)34-33-18-25-16-23(4)36(24(25)5)31-21(2)8-7-9-22(31)3/h7-18H,19H2,1-6H3,(H,34,37)/b33-18-. The maximum Gasteiger partial charge on any atom is 0.264 e. The summed E-state index contributed by atoms with van der Waals surface area (Å²) < 4.78 is 36.0. The number of carbonyl (C=O) groups excluding carboxylic acids is 1. The molecule has 4 aromatic rings. The Bertz CT molecular complexity index is 1710. The number of carbonyl (C=O) groups is 1. The van der Waals surface area contributed by atoms with Crippen molar-refractivity contribution < 1.29 is 17.9 Å². The normalized spacial score (nSPS) is 11.6. The maximum absolute atomic E-state index is 13.7. The number of nitrogens with one attached hydrogen (secondary N) is 1. The second-order valence-electron chi connectivity index (χ2n) is 9.84. The van der Waals surface area contributed by atoms with Crippen LogP contribution < -0.4 is 14.5 Å². The van der Waals surface area contributed by atoms with Gasteiger partial charge in [-0.1, -0.05) is 47.5 Å². The molecule has 0 aliphatic heterocycles. The van der Waals surface area contributed by atoms with E-state index in [0.29, 0.717) is 5.02 Å². The van der Waals surface area contributed by atoms with Gasteiger partial charge in [0.25, 0.3) is 15.9 Å². The van der Waals surface area contributed by atoms with E-state index in [9.17, 15) is 13.2 Å². The van der Waals surface area contributed by atoms with Gasteiger partial charge in [0, 0.05) is 22.0 Å². The van der Waals surface area contributed by atoms with Crippen LogP contribution in [0.3, 0.4) is 0 Å². The van der Waals surface area contributed by atoms with E-state index in [1.54, 1.807) is 30.5 Å². The number of para-hydroxylation sites is 1. The van der Waals surface area contributed by atoms with E-state index in [0.717, 1.165) is 43.6 Å². The number of sulfonamides is 1. The molecule has 0 bridgehead atoms. The number of rotatable bonds is 9. The number of benzene rings is 3. The van der Waals surface area contributed by atoms with Crippen molar-refractivity contribution in [2.75, 3.05) is 18.0 Å². The van der Waals surface area contributed by atoms with E-state index < -0.39 is 22.5 Å². The summed E-state index contributed by atoms with van der Waals surface area (Å²) in [6.07, 6.45) is 1.56. The minimum atomic E-state index is -4.16. The van der Waals surface area contributed by atoms with Crippen LogP contribution in [0.4, 0.5) is 5.69 Å². The van der Waals surface area contributed by atoms with Crippen molar-refractivity contribution in [3.63, 3.8) is 0 Å². The third-order valence-electron chi connectivity index (χ3n) is 6.83. The van der Waals surface area contributed by atoms with Gasteiger partial charge in [0.15, 0.2) is 0 Å². The quantitative estimate of drug-likeness (QED) is 0.190. The molecule has 10 heteroatoms. The molecule has 1 amide bonds. The highest BCUT2D eigenvalue weighted by Gasteiger charge is 2.29. The third-order valence-corrected chi connectivity index (χ3v) is 8.84. The molecule has 41 heavy (non-hydrogen) atoms. The number of anilines is 1. The smallest absolute Gasteiger partial charge is 0.264 e. The Morgan fingerprint density at radius 1 is 1.00 bits per heavy atom. The molecule has 0 aliphatic rings. The largest absolute Gasteiger partial charge is 0.495 e. The minimum Gasteiger partial charge on any atom is -0.495 e. The van der Waals surface area contributed by atoms with Gasteiger partial charge in [-0.3, -0.25) is 9.10 Å². The summed E-state index contributed by atoms with van der Waals surface area (Å²) in [4.78, 5) is 13.1. The van der Waals surface area contributed by atoms with Crippen LogP contribution in [0, 0.1) is 34.6 Å². The molecular formula is C31H33ClN4O4S. The lowest BCUT2D eigenvalue weighted by Crippen LogP contribution is -2.39. The zero-order valence-electron chi connectivity index (χ0n) is 23.9. The molecule has 1 N–H and O–H groups in total. The van der Waals surface area contributed by atoms with E-state index in [-0.39, 0.29) is 16.3 Å². The number of hydrogen-bond donors (Lipinski definition) is 1. The first-order chi connectivity index (χ1) is 19.4. The van der Waals surface area contributed by atoms with Gasteiger partial charge in [-0.05, 0) is 82.1 Å². The number of aromatic nitrogens is 1. The summed E-state index contributed by atoms with van der Waals surface area (Å²) in [7, 11) is -2.74. The third kappa shape index (κ3) is 6.31. The van der Waals surface area contributed by atoms with Crippen LogP contribution in [0.2, 0.25) is 5.02 Å². The topological polar surface area (TPSA) is 93.0 Å². The Hall–Kier alpha value is -4.08. The molecule has 0 spiro atoms. The molecule has 0 aliphatic carbocycles. The molecule has 3 aromatic carbocycles. The summed E-state index contributed by atoms with van der Waals surface area (Å²) in [5.41, 5.74) is 9.73. The van der Waals surface area contributed by atoms with Gasteiger partial charge in [0.05, 0.1) is 29.6 Å². The number of ether oxygens (including phenoxy) is 1. The fraction of sp³-hybridized carbons (Fsp3) is 0.226. The van der Waals surface area contributed by atoms with E-state index >= 15 is 0 Å². The number of hydrazone groups is 1. The van der Waals surface area contributed by atoms with E-state index in [1.165, 1.54) is 25.3 Å². The second kappa shape index (κ2) is 12.2. The van der Waals surface area contributed by atoms with Crippen LogP contribution in [0.5, 0.6) is 5.75 Å². The summed E-state index contributed by atoms with van der Waals surface area (Å²) in [6, 6.07) is 19.1. The number of amides is 1. The molecule has 0 unspecified atom stereocenters. The first kappa shape index (κ1) is 29.9. The van der Waals surface area contributed by atoms with Gasteiger partial charge >= 0.3 is 0 Å². The summed E-state index contributed by atoms with van der Waals surface area (Å²) >= 11 is 6.21. The fourth-order valence-electron chi connectivity index (χ4n) is 4.76. The van der Waals surface area contributed by atoms with E-state index in [2.05, 4.69) is 41.1 Å². The van der Waals surface area contributed by atoms with Crippen LogP contribution in [-0.2, 0) is 14.8 Å². The van der Waals surface area contributed by atoms with Gasteiger partial charge in [-0.2, -0.15) is 5.10 Å². The van der Waals surface area contributed by atoms with Crippen molar-refractivity contribution in [2.24, 2.45) is 5.10 Å². The van der Waals surface area contributed by atoms with Gasteiger partial charge in [0.1, 0.15) is 12.3 Å². The molecule has 0 atom stereocenters. The predicted molar refractivity (Wildman–Crippen MR) is 164 cm³/mol. The van der Waals surface area contributed by atoms with Crippen LogP contribution in [-0.4, -0.2) is 38.8 Å². The number of methoxy groups -OCH3 is 1. The van der Waals surface area contributed by atoms with Gasteiger partial charge in [-0.25, -0.2) is 13.8 Å². The number of aryl methyl sites for hydroxylation is 4. The molecule has 214 valence electrons. The van der Waals surface area contributed by atoms with E-state index in [4.69, 9.17) is 16.3 Å². The molecule has 1 aromatic heterocycles. The zero-order valence-corrected chi connectivity index (χ0v) is 25.5. The summed E-state index contributed by atoms with van der Waals surface area (Å²) in [5, 5.41) is 4.45. The van der Waals surface area contributed by atoms with Crippen molar-refractivity contribution in [3.05, 3.63) is 105 Å². The van der Waals surface area contributed by atoms with Crippen LogP contribution in [0.1, 0.15) is 33.6 Å². The van der Waals surface area contributed by atoms with Crippen LogP contribution >= 0.6 is 11.6 Å². The van der Waals surface area contributed by atoms with Crippen LogP contribution in [0.15, 0.2) is 76.7 Å². The molecule has 0 saturated carbocycles. The molecule has 0 saturated heterocycles. The first-order valence-corrected chi connectivity index (χ1v) is 14.8. The molecule has 0 fully saturated rings. The van der Waals surface area contributed by atoms with E-state index in [1.807, 2.05) is 32.9 Å². The highest BCUT2D eigenvalue weighted by atomic mass is 35.5. The Morgan fingerprint density at radius 3 is 2.29 bits per heavy atom. The number of hydrogen-bond acceptors (Lipinski definition) is 5. The van der Waals surface area contributed by atoms with Gasteiger partial charge in [0.2, 0.25) is 0 Å². The molecule has 1 heterocycles. The van der Waals surface area contributed by atoms with Gasteiger partial charge < -0.3 is 9.30 Å². The molecule has 0 radical (unpaired) electrons. The zero-order chi connectivity index (χ0) is 29.9. The Labute approximate surface area is 246 Å². The predicted octanol–water partition coefficient (Wildman–Crippen LogP) is 6.03. The average molecular weight is 593 g/mol. The fourth-order valence-corrected chi connectivity index (χ4v) is 6.35. The molecule has 4 rings (SSSR count). The SMILES string of the molecule is COc1ccc(Cl)cc1N(CC(=O)N/N=C\c1cc(C)n(-c2c(C)cccc2C)c1C)S(=O)(=O)c1ccc(C)cc1. The second-order valence-corrected chi connectivity index (χ2v) is 12.1. The Balaban J connectivity index is 1.62. The van der Waals surface area contributed by atoms with Crippen molar-refractivity contribution in [1.82, 2.24) is 9.99 Å². The lowest BCUT2D eigenvalue weighted by Gasteiger charge is -2.25. The van der Waals surface area contributed by atoms with Crippen LogP contribution in [0.25, 0.3) is 5.69 Å². The Morgan fingerprint density at radius 2 is 1.66 bits per heavy atom. The first-order valence-electron chi connectivity index (χ1n) is 12.9. The Kier molecular flexibility index (Phi) is 8.89. The van der Waals surface area contributed by atoms with Gasteiger partial charge in [-0.15, -0.1) is 0 Å². The minimum absolute atomic E-state index is 0.0281.